The maximum absolute atomic E-state index is 10.4. The standard InChI is InChI=1S/C8H16N2O6/c9-7(15,5(11)12)3-1-2-4-8(10,16)6(13)14/h15-16H,1-4,9-10H2,(H,11,12)(H,13,14). The van der Waals surface area contributed by atoms with E-state index in [1.165, 1.54) is 0 Å². The van der Waals surface area contributed by atoms with E-state index in [0.29, 0.717) is 0 Å². The van der Waals surface area contributed by atoms with Gasteiger partial charge in [0.25, 0.3) is 0 Å². The first-order valence-corrected chi connectivity index (χ1v) is 4.59. The van der Waals surface area contributed by atoms with Crippen LogP contribution in [0.4, 0.5) is 0 Å². The van der Waals surface area contributed by atoms with Gasteiger partial charge in [0.1, 0.15) is 0 Å². The van der Waals surface area contributed by atoms with Crippen LogP contribution in [0.2, 0.25) is 0 Å². The minimum atomic E-state index is -2.34. The number of aliphatic carboxylic acids is 2. The Hall–Kier alpha value is -1.22. The van der Waals surface area contributed by atoms with E-state index < -0.39 is 23.4 Å². The molecule has 8 nitrogen and oxygen atoms in total. The maximum Gasteiger partial charge on any atom is 0.350 e. The predicted octanol–water partition coefficient (Wildman–Crippen LogP) is -1.99. The molecule has 0 rings (SSSR count). The minimum Gasteiger partial charge on any atom is -0.478 e. The molecule has 2 atom stereocenters. The number of hydrogen-bond acceptors (Lipinski definition) is 6. The zero-order valence-electron chi connectivity index (χ0n) is 8.59. The van der Waals surface area contributed by atoms with Crippen LogP contribution in [0.25, 0.3) is 0 Å². The lowest BCUT2D eigenvalue weighted by Crippen LogP contribution is -2.49. The average molecular weight is 236 g/mol. The lowest BCUT2D eigenvalue weighted by atomic mass is 10.0. The first kappa shape index (κ1) is 14.8. The van der Waals surface area contributed by atoms with Gasteiger partial charge in [0.15, 0.2) is 0 Å². The molecule has 8 N–H and O–H groups in total. The lowest BCUT2D eigenvalue weighted by molar-refractivity contribution is -0.160. The highest BCUT2D eigenvalue weighted by molar-refractivity contribution is 5.76. The summed E-state index contributed by atoms with van der Waals surface area (Å²) < 4.78 is 0. The van der Waals surface area contributed by atoms with Crippen molar-refractivity contribution in [3.8, 4) is 0 Å². The second kappa shape index (κ2) is 5.21. The SMILES string of the molecule is NC(O)(CCCCC(N)(O)C(=O)O)C(=O)O. The Balaban J connectivity index is 3.94. The molecule has 0 radical (unpaired) electrons. The molecule has 0 saturated heterocycles. The molecule has 0 spiro atoms. The summed E-state index contributed by atoms with van der Waals surface area (Å²) in [6, 6.07) is 0. The highest BCUT2D eigenvalue weighted by Crippen LogP contribution is 2.14. The van der Waals surface area contributed by atoms with Crippen LogP contribution in [0.3, 0.4) is 0 Å². The number of nitrogens with two attached hydrogens (primary N) is 2. The molecule has 0 heterocycles. The molecule has 2 unspecified atom stereocenters. The highest BCUT2D eigenvalue weighted by Gasteiger charge is 2.32. The first-order valence-electron chi connectivity index (χ1n) is 4.59. The van der Waals surface area contributed by atoms with Crippen molar-refractivity contribution < 1.29 is 30.0 Å². The van der Waals surface area contributed by atoms with Crippen molar-refractivity contribution in [1.29, 1.82) is 0 Å². The summed E-state index contributed by atoms with van der Waals surface area (Å²) in [5.74, 6) is -3.12. The molecule has 0 fully saturated rings. The number of hydrogen-bond donors (Lipinski definition) is 6. The number of carbonyl (C=O) groups is 2. The van der Waals surface area contributed by atoms with E-state index in [1.807, 2.05) is 0 Å². The normalized spacial score (nSPS) is 18.5. The molecule has 0 aromatic rings. The van der Waals surface area contributed by atoms with Crippen molar-refractivity contribution in [2.45, 2.75) is 37.1 Å². The highest BCUT2D eigenvalue weighted by atomic mass is 16.4. The topological polar surface area (TPSA) is 167 Å². The summed E-state index contributed by atoms with van der Waals surface area (Å²) in [6.45, 7) is 0. The molecule has 0 aliphatic rings. The molecule has 0 bridgehead atoms. The fourth-order valence-corrected chi connectivity index (χ4v) is 1.00. The van der Waals surface area contributed by atoms with Gasteiger partial charge in [-0.15, -0.1) is 0 Å². The molecule has 0 aliphatic carbocycles. The monoisotopic (exact) mass is 236 g/mol. The molecule has 8 heteroatoms. The zero-order valence-corrected chi connectivity index (χ0v) is 8.59. The van der Waals surface area contributed by atoms with Crippen LogP contribution < -0.4 is 11.5 Å². The molecule has 0 aromatic heterocycles. The predicted molar refractivity (Wildman–Crippen MR) is 52.0 cm³/mol. The second-order valence-electron chi connectivity index (χ2n) is 3.67. The Morgan fingerprint density at radius 3 is 1.31 bits per heavy atom. The smallest absolute Gasteiger partial charge is 0.350 e. The fourth-order valence-electron chi connectivity index (χ4n) is 1.00. The minimum absolute atomic E-state index is 0.131. The van der Waals surface area contributed by atoms with Crippen LogP contribution in [-0.4, -0.2) is 43.8 Å². The quantitative estimate of drug-likeness (QED) is 0.218. The summed E-state index contributed by atoms with van der Waals surface area (Å²) in [4.78, 5) is 20.8. The average Bonchev–Trinajstić information content (AvgIpc) is 2.12. The molecule has 0 saturated carbocycles. The Kier molecular flexibility index (Phi) is 4.81. The number of carboxylic acids is 2. The molecular formula is C8H16N2O6. The Morgan fingerprint density at radius 1 is 0.875 bits per heavy atom. The van der Waals surface area contributed by atoms with Crippen molar-refractivity contribution in [3.05, 3.63) is 0 Å². The number of carboxylic acid groups (broad SMARTS) is 2. The first-order chi connectivity index (χ1) is 7.09. The van der Waals surface area contributed by atoms with Crippen molar-refractivity contribution >= 4 is 11.9 Å². The van der Waals surface area contributed by atoms with Gasteiger partial charge in [0.05, 0.1) is 0 Å². The van der Waals surface area contributed by atoms with Crippen LogP contribution in [0.1, 0.15) is 25.7 Å². The second-order valence-corrected chi connectivity index (χ2v) is 3.67. The summed E-state index contributed by atoms with van der Waals surface area (Å²) in [5, 5.41) is 35.1. The maximum atomic E-state index is 10.4. The molecule has 94 valence electrons. The van der Waals surface area contributed by atoms with E-state index in [1.54, 1.807) is 0 Å². The molecule has 16 heavy (non-hydrogen) atoms. The molecular weight excluding hydrogens is 220 g/mol. The zero-order chi connectivity index (χ0) is 13.0. The van der Waals surface area contributed by atoms with Gasteiger partial charge in [-0.2, -0.15) is 0 Å². The summed E-state index contributed by atoms with van der Waals surface area (Å²) in [6.07, 6.45) is -0.242. The van der Waals surface area contributed by atoms with Crippen molar-refractivity contribution in [3.63, 3.8) is 0 Å². The van der Waals surface area contributed by atoms with Crippen LogP contribution >= 0.6 is 0 Å². The molecule has 0 aromatic carbocycles. The number of rotatable bonds is 7. The summed E-state index contributed by atoms with van der Waals surface area (Å²) >= 11 is 0. The largest absolute Gasteiger partial charge is 0.478 e. The van der Waals surface area contributed by atoms with Crippen LogP contribution in [0, 0.1) is 0 Å². The third-order valence-electron chi connectivity index (χ3n) is 2.11. The Morgan fingerprint density at radius 2 is 1.12 bits per heavy atom. The van der Waals surface area contributed by atoms with Gasteiger partial charge in [-0.25, -0.2) is 9.59 Å². The Bertz CT molecular complexity index is 248. The lowest BCUT2D eigenvalue weighted by Gasteiger charge is -2.20. The van der Waals surface area contributed by atoms with Crippen LogP contribution in [0.15, 0.2) is 0 Å². The fraction of sp³-hybridized carbons (Fsp3) is 0.750. The van der Waals surface area contributed by atoms with Gasteiger partial charge in [-0.3, -0.25) is 11.5 Å². The van der Waals surface area contributed by atoms with E-state index in [2.05, 4.69) is 0 Å². The van der Waals surface area contributed by atoms with Gasteiger partial charge in [0, 0.05) is 12.8 Å². The third kappa shape index (κ3) is 4.53. The molecule has 0 amide bonds. The number of unbranched alkanes of at least 4 members (excludes halogenated alkanes) is 1. The van der Waals surface area contributed by atoms with E-state index in [-0.39, 0.29) is 25.7 Å². The summed E-state index contributed by atoms with van der Waals surface area (Å²) in [5.41, 5.74) is 5.36. The van der Waals surface area contributed by atoms with Crippen LogP contribution in [0.5, 0.6) is 0 Å². The van der Waals surface area contributed by atoms with E-state index in [9.17, 15) is 9.59 Å². The van der Waals surface area contributed by atoms with Crippen molar-refractivity contribution in [1.82, 2.24) is 0 Å². The third-order valence-corrected chi connectivity index (χ3v) is 2.11. The van der Waals surface area contributed by atoms with Gasteiger partial charge < -0.3 is 20.4 Å². The van der Waals surface area contributed by atoms with Crippen molar-refractivity contribution in [2.24, 2.45) is 11.5 Å². The van der Waals surface area contributed by atoms with Crippen LogP contribution in [-0.2, 0) is 9.59 Å². The van der Waals surface area contributed by atoms with Gasteiger partial charge in [-0.05, 0) is 12.8 Å². The van der Waals surface area contributed by atoms with Gasteiger partial charge in [-0.1, -0.05) is 0 Å². The van der Waals surface area contributed by atoms with E-state index >= 15 is 0 Å². The Labute approximate surface area is 91.5 Å². The van der Waals surface area contributed by atoms with Crippen molar-refractivity contribution in [2.75, 3.05) is 0 Å². The van der Waals surface area contributed by atoms with Gasteiger partial charge >= 0.3 is 11.9 Å². The molecule has 0 aliphatic heterocycles. The van der Waals surface area contributed by atoms with E-state index in [4.69, 9.17) is 31.9 Å². The van der Waals surface area contributed by atoms with E-state index in [0.717, 1.165) is 0 Å². The summed E-state index contributed by atoms with van der Waals surface area (Å²) in [7, 11) is 0. The van der Waals surface area contributed by atoms with Gasteiger partial charge in [0.2, 0.25) is 11.4 Å². The number of aliphatic hydroxyl groups is 2.